The maximum absolute atomic E-state index is 11.2. The third-order valence-corrected chi connectivity index (χ3v) is 2.56. The van der Waals surface area contributed by atoms with Gasteiger partial charge in [0.05, 0.1) is 12.9 Å². The summed E-state index contributed by atoms with van der Waals surface area (Å²) < 4.78 is 4.43. The van der Waals surface area contributed by atoms with E-state index in [0.717, 1.165) is 0 Å². The molecule has 0 spiro atoms. The first-order valence-corrected chi connectivity index (χ1v) is 5.24. The molecule has 0 saturated carbocycles. The molecule has 0 atom stereocenters. The van der Waals surface area contributed by atoms with Crippen LogP contribution in [-0.2, 0) is 15.3 Å². The van der Waals surface area contributed by atoms with Crippen LogP contribution in [0, 0.1) is 0 Å². The number of thioether (sulfide) groups is 1. The van der Waals surface area contributed by atoms with Crippen LogP contribution < -0.4 is 11.2 Å². The Balaban J connectivity index is 2.55. The predicted octanol–water partition coefficient (Wildman–Crippen LogP) is -0.531. The van der Waals surface area contributed by atoms with Crippen LogP contribution in [0.1, 0.15) is 5.56 Å². The minimum Gasteiger partial charge on any atom is -0.468 e. The highest BCUT2D eigenvalue weighted by atomic mass is 32.2. The highest BCUT2D eigenvalue weighted by Crippen LogP contribution is 2.06. The van der Waals surface area contributed by atoms with Gasteiger partial charge in [-0.15, -0.1) is 11.8 Å². The Kier molecular flexibility index (Phi) is 4.17. The lowest BCUT2D eigenvalue weighted by Crippen LogP contribution is -2.24. The maximum atomic E-state index is 11.2. The van der Waals surface area contributed by atoms with Gasteiger partial charge in [0.1, 0.15) is 0 Å². The fourth-order valence-corrected chi connectivity index (χ4v) is 1.67. The molecule has 0 aliphatic carbocycles. The molecule has 0 aliphatic heterocycles. The molecule has 0 amide bonds. The second-order valence-corrected chi connectivity index (χ2v) is 3.65. The van der Waals surface area contributed by atoms with E-state index in [9.17, 15) is 14.4 Å². The van der Waals surface area contributed by atoms with Crippen molar-refractivity contribution in [3.8, 4) is 0 Å². The molecule has 0 aromatic carbocycles. The van der Waals surface area contributed by atoms with Gasteiger partial charge in [0.25, 0.3) is 5.56 Å². The van der Waals surface area contributed by atoms with Crippen molar-refractivity contribution >= 4 is 17.7 Å². The molecule has 15 heavy (non-hydrogen) atoms. The number of hydrogen-bond donors (Lipinski definition) is 2. The molecule has 1 heterocycles. The van der Waals surface area contributed by atoms with E-state index in [-0.39, 0.29) is 11.7 Å². The molecule has 0 aliphatic rings. The third-order valence-electron chi connectivity index (χ3n) is 1.60. The van der Waals surface area contributed by atoms with E-state index in [0.29, 0.717) is 11.3 Å². The van der Waals surface area contributed by atoms with Gasteiger partial charge in [-0.25, -0.2) is 4.79 Å². The second kappa shape index (κ2) is 5.40. The van der Waals surface area contributed by atoms with Crippen molar-refractivity contribution in [2.24, 2.45) is 0 Å². The molecule has 0 bridgehead atoms. The highest BCUT2D eigenvalue weighted by Gasteiger charge is 2.03. The van der Waals surface area contributed by atoms with Crippen molar-refractivity contribution in [2.45, 2.75) is 5.75 Å². The number of nitrogens with one attached hydrogen (secondary N) is 2. The lowest BCUT2D eigenvalue weighted by molar-refractivity contribution is -0.137. The van der Waals surface area contributed by atoms with Gasteiger partial charge >= 0.3 is 11.7 Å². The van der Waals surface area contributed by atoms with E-state index < -0.39 is 11.2 Å². The van der Waals surface area contributed by atoms with E-state index in [2.05, 4.69) is 14.7 Å². The number of carbonyl (C=O) groups is 1. The Morgan fingerprint density at radius 3 is 2.87 bits per heavy atom. The van der Waals surface area contributed by atoms with Gasteiger partial charge in [-0.05, 0) is 0 Å². The molecule has 82 valence electrons. The largest absolute Gasteiger partial charge is 0.468 e. The standard InChI is InChI=1S/C8H10N2O4S/c1-14-6(11)4-15-3-5-2-9-8(13)10-7(5)12/h2H,3-4H2,1H3,(H2,9,10,12,13). The normalized spacial score (nSPS) is 9.93. The summed E-state index contributed by atoms with van der Waals surface area (Å²) in [6, 6.07) is 0. The summed E-state index contributed by atoms with van der Waals surface area (Å²) in [4.78, 5) is 37.1. The lowest BCUT2D eigenvalue weighted by atomic mass is 10.4. The smallest absolute Gasteiger partial charge is 0.325 e. The highest BCUT2D eigenvalue weighted by molar-refractivity contribution is 7.99. The average Bonchev–Trinajstić information content (AvgIpc) is 2.21. The molecular formula is C8H10N2O4S. The van der Waals surface area contributed by atoms with Crippen molar-refractivity contribution in [2.75, 3.05) is 12.9 Å². The summed E-state index contributed by atoms with van der Waals surface area (Å²) in [7, 11) is 1.30. The van der Waals surface area contributed by atoms with E-state index in [4.69, 9.17) is 0 Å². The van der Waals surface area contributed by atoms with Crippen molar-refractivity contribution in [3.63, 3.8) is 0 Å². The SMILES string of the molecule is COC(=O)CSCc1c[nH]c(=O)[nH]c1=O. The molecule has 0 fully saturated rings. The monoisotopic (exact) mass is 230 g/mol. The van der Waals surface area contributed by atoms with Gasteiger partial charge in [-0.3, -0.25) is 14.6 Å². The maximum Gasteiger partial charge on any atom is 0.325 e. The van der Waals surface area contributed by atoms with Gasteiger partial charge in [0.15, 0.2) is 0 Å². The average molecular weight is 230 g/mol. The first-order chi connectivity index (χ1) is 7.13. The van der Waals surface area contributed by atoms with E-state index in [1.807, 2.05) is 0 Å². The molecule has 6 nitrogen and oxygen atoms in total. The summed E-state index contributed by atoms with van der Waals surface area (Å²) in [5.41, 5.74) is -0.554. The lowest BCUT2D eigenvalue weighted by Gasteiger charge is -1.99. The Labute approximate surface area is 89.1 Å². The Bertz CT molecular complexity index is 450. The van der Waals surface area contributed by atoms with Crippen molar-refractivity contribution < 1.29 is 9.53 Å². The zero-order valence-electron chi connectivity index (χ0n) is 8.03. The van der Waals surface area contributed by atoms with Crippen LogP contribution in [0.5, 0.6) is 0 Å². The van der Waals surface area contributed by atoms with Gasteiger partial charge in [-0.2, -0.15) is 0 Å². The van der Waals surface area contributed by atoms with Crippen LogP contribution >= 0.6 is 11.8 Å². The summed E-state index contributed by atoms with van der Waals surface area (Å²) in [5.74, 6) is 0.178. The number of ether oxygens (including phenoxy) is 1. The van der Waals surface area contributed by atoms with Crippen LogP contribution in [0.4, 0.5) is 0 Å². The zero-order chi connectivity index (χ0) is 11.3. The number of rotatable bonds is 4. The number of aromatic amines is 2. The molecule has 0 radical (unpaired) electrons. The van der Waals surface area contributed by atoms with Crippen LogP contribution in [0.25, 0.3) is 0 Å². The quantitative estimate of drug-likeness (QED) is 0.678. The molecule has 1 rings (SSSR count). The molecular weight excluding hydrogens is 220 g/mol. The Morgan fingerprint density at radius 2 is 2.27 bits per heavy atom. The molecule has 1 aromatic rings. The van der Waals surface area contributed by atoms with Gasteiger partial charge in [0, 0.05) is 17.5 Å². The molecule has 0 saturated heterocycles. The van der Waals surface area contributed by atoms with Gasteiger partial charge < -0.3 is 9.72 Å². The van der Waals surface area contributed by atoms with Crippen LogP contribution in [0.15, 0.2) is 15.8 Å². The number of hydrogen-bond acceptors (Lipinski definition) is 5. The van der Waals surface area contributed by atoms with Gasteiger partial charge in [0.2, 0.25) is 0 Å². The summed E-state index contributed by atoms with van der Waals surface area (Å²) in [6.07, 6.45) is 1.34. The molecule has 1 aromatic heterocycles. The van der Waals surface area contributed by atoms with E-state index >= 15 is 0 Å². The van der Waals surface area contributed by atoms with Crippen LogP contribution in [0.3, 0.4) is 0 Å². The second-order valence-electron chi connectivity index (χ2n) is 2.67. The number of H-pyrrole nitrogens is 2. The van der Waals surface area contributed by atoms with E-state index in [1.165, 1.54) is 25.1 Å². The predicted molar refractivity (Wildman–Crippen MR) is 55.9 cm³/mol. The fourth-order valence-electron chi connectivity index (χ4n) is 0.848. The topological polar surface area (TPSA) is 92.0 Å². The minimum absolute atomic E-state index is 0.176. The first-order valence-electron chi connectivity index (χ1n) is 4.09. The number of esters is 1. The number of aromatic nitrogens is 2. The minimum atomic E-state index is -0.540. The molecule has 7 heteroatoms. The third kappa shape index (κ3) is 3.62. The summed E-state index contributed by atoms with van der Waals surface area (Å²) in [6.45, 7) is 0. The number of methoxy groups -OCH3 is 1. The van der Waals surface area contributed by atoms with Crippen molar-refractivity contribution in [3.05, 3.63) is 32.6 Å². The van der Waals surface area contributed by atoms with Crippen molar-refractivity contribution in [1.29, 1.82) is 0 Å². The van der Waals surface area contributed by atoms with Crippen LogP contribution in [0.2, 0.25) is 0 Å². The van der Waals surface area contributed by atoms with Crippen molar-refractivity contribution in [1.82, 2.24) is 9.97 Å². The molecule has 2 N–H and O–H groups in total. The number of carbonyl (C=O) groups excluding carboxylic acids is 1. The first kappa shape index (κ1) is 11.6. The molecule has 0 unspecified atom stereocenters. The fraction of sp³-hybridized carbons (Fsp3) is 0.375. The Morgan fingerprint density at radius 1 is 1.53 bits per heavy atom. The van der Waals surface area contributed by atoms with Crippen LogP contribution in [-0.4, -0.2) is 28.8 Å². The Hall–Kier alpha value is -1.50. The van der Waals surface area contributed by atoms with E-state index in [1.54, 1.807) is 0 Å². The summed E-state index contributed by atoms with van der Waals surface area (Å²) in [5, 5.41) is 0. The summed E-state index contributed by atoms with van der Waals surface area (Å²) >= 11 is 1.24. The van der Waals surface area contributed by atoms with Gasteiger partial charge in [-0.1, -0.05) is 0 Å². The zero-order valence-corrected chi connectivity index (χ0v) is 8.85.